The SMILES string of the molecule is COc1cc(Nc2nc3ccccc3nc2NS(=O)(=O)c2cccc(N(CC(N)=O)Cc3ccccc3)c2)cc(OC)c1. The van der Waals surface area contributed by atoms with Crippen molar-refractivity contribution < 1.29 is 22.7 Å². The quantitative estimate of drug-likeness (QED) is 0.186. The van der Waals surface area contributed by atoms with Crippen molar-refractivity contribution in [1.82, 2.24) is 9.97 Å². The molecule has 0 aliphatic carbocycles. The van der Waals surface area contributed by atoms with Crippen molar-refractivity contribution in [1.29, 1.82) is 0 Å². The third-order valence-electron chi connectivity index (χ3n) is 6.47. The summed E-state index contributed by atoms with van der Waals surface area (Å²) < 4.78 is 40.8. The number of hydrogen-bond donors (Lipinski definition) is 3. The number of hydrogen-bond acceptors (Lipinski definition) is 9. The van der Waals surface area contributed by atoms with E-state index in [0.29, 0.717) is 40.5 Å². The van der Waals surface area contributed by atoms with Crippen LogP contribution in [0.15, 0.2) is 102 Å². The molecule has 0 spiro atoms. The number of ether oxygens (including phenoxy) is 2. The maximum atomic E-state index is 13.7. The van der Waals surface area contributed by atoms with Crippen LogP contribution in [0, 0.1) is 0 Å². The highest BCUT2D eigenvalue weighted by Gasteiger charge is 2.21. The number of aromatic nitrogens is 2. The lowest BCUT2D eigenvalue weighted by Gasteiger charge is -2.24. The Hall–Kier alpha value is -5.36. The molecule has 0 unspecified atom stereocenters. The van der Waals surface area contributed by atoms with Gasteiger partial charge < -0.3 is 25.4 Å². The molecule has 5 rings (SSSR count). The number of anilines is 4. The van der Waals surface area contributed by atoms with E-state index in [1.54, 1.807) is 53.4 Å². The van der Waals surface area contributed by atoms with E-state index in [4.69, 9.17) is 15.2 Å². The second kappa shape index (κ2) is 12.7. The lowest BCUT2D eigenvalue weighted by Crippen LogP contribution is -2.33. The number of primary amides is 1. The third kappa shape index (κ3) is 7.11. The Morgan fingerprint density at radius 1 is 0.814 bits per heavy atom. The summed E-state index contributed by atoms with van der Waals surface area (Å²) in [6.07, 6.45) is 0. The number of carbonyl (C=O) groups excluding carboxylic acids is 1. The highest BCUT2D eigenvalue weighted by Crippen LogP contribution is 2.32. The van der Waals surface area contributed by atoms with Crippen LogP contribution >= 0.6 is 0 Å². The molecule has 11 nitrogen and oxygen atoms in total. The van der Waals surface area contributed by atoms with Crippen molar-refractivity contribution in [3.63, 3.8) is 0 Å². The van der Waals surface area contributed by atoms with Crippen LogP contribution in [0.25, 0.3) is 11.0 Å². The molecule has 1 aromatic heterocycles. The number of nitrogens with zero attached hydrogens (tertiary/aromatic N) is 3. The third-order valence-corrected chi connectivity index (χ3v) is 7.81. The van der Waals surface area contributed by atoms with Gasteiger partial charge in [-0.25, -0.2) is 18.4 Å². The summed E-state index contributed by atoms with van der Waals surface area (Å²) in [4.78, 5) is 22.8. The normalized spacial score (nSPS) is 11.1. The van der Waals surface area contributed by atoms with Gasteiger partial charge in [-0.1, -0.05) is 48.5 Å². The van der Waals surface area contributed by atoms with E-state index < -0.39 is 15.9 Å². The maximum absolute atomic E-state index is 13.7. The predicted molar refractivity (Wildman–Crippen MR) is 166 cm³/mol. The first-order valence-electron chi connectivity index (χ1n) is 13.2. The van der Waals surface area contributed by atoms with E-state index in [0.717, 1.165) is 5.56 Å². The molecular formula is C31H30N6O5S. The van der Waals surface area contributed by atoms with Crippen LogP contribution in [0.1, 0.15) is 5.56 Å². The van der Waals surface area contributed by atoms with E-state index in [9.17, 15) is 13.2 Å². The Bertz CT molecular complexity index is 1850. The van der Waals surface area contributed by atoms with Crippen molar-refractivity contribution in [2.75, 3.05) is 35.7 Å². The molecule has 4 aromatic carbocycles. The van der Waals surface area contributed by atoms with Crippen LogP contribution < -0.4 is 30.1 Å². The van der Waals surface area contributed by atoms with Crippen LogP contribution in [0.5, 0.6) is 11.5 Å². The highest BCUT2D eigenvalue weighted by atomic mass is 32.2. The van der Waals surface area contributed by atoms with Gasteiger partial charge in [0.15, 0.2) is 11.6 Å². The molecule has 0 saturated heterocycles. The molecule has 0 saturated carbocycles. The van der Waals surface area contributed by atoms with Gasteiger partial charge in [-0.05, 0) is 35.9 Å². The molecule has 1 amide bonds. The zero-order chi connectivity index (χ0) is 30.4. The summed E-state index contributed by atoms with van der Waals surface area (Å²) in [6.45, 7) is 0.259. The van der Waals surface area contributed by atoms with Gasteiger partial charge in [0.25, 0.3) is 10.0 Å². The molecule has 220 valence electrons. The molecule has 5 aromatic rings. The summed E-state index contributed by atoms with van der Waals surface area (Å²) in [7, 11) is -1.10. The van der Waals surface area contributed by atoms with Gasteiger partial charge in [0, 0.05) is 36.1 Å². The number of nitrogens with one attached hydrogen (secondary N) is 2. The summed E-state index contributed by atoms with van der Waals surface area (Å²) in [5.41, 5.74) is 8.58. The number of sulfonamides is 1. The monoisotopic (exact) mass is 598 g/mol. The lowest BCUT2D eigenvalue weighted by atomic mass is 10.2. The molecule has 0 fully saturated rings. The molecule has 0 atom stereocenters. The van der Waals surface area contributed by atoms with Gasteiger partial charge >= 0.3 is 0 Å². The smallest absolute Gasteiger partial charge is 0.263 e. The van der Waals surface area contributed by atoms with Gasteiger partial charge in [0.05, 0.1) is 36.7 Å². The second-order valence-electron chi connectivity index (χ2n) is 9.55. The van der Waals surface area contributed by atoms with E-state index in [-0.39, 0.29) is 23.1 Å². The Labute approximate surface area is 249 Å². The number of amides is 1. The first kappa shape index (κ1) is 29.1. The number of nitrogens with two attached hydrogens (primary N) is 1. The van der Waals surface area contributed by atoms with Crippen molar-refractivity contribution in [3.05, 3.63) is 103 Å². The van der Waals surface area contributed by atoms with Crippen molar-refractivity contribution in [2.45, 2.75) is 11.4 Å². The first-order chi connectivity index (χ1) is 20.7. The fourth-order valence-electron chi connectivity index (χ4n) is 4.44. The van der Waals surface area contributed by atoms with Gasteiger partial charge in [0.1, 0.15) is 11.5 Å². The van der Waals surface area contributed by atoms with E-state index in [1.165, 1.54) is 26.4 Å². The molecule has 12 heteroatoms. The number of rotatable bonds is 12. The average Bonchev–Trinajstić information content (AvgIpc) is 3.01. The van der Waals surface area contributed by atoms with Crippen LogP contribution in [0.3, 0.4) is 0 Å². The van der Waals surface area contributed by atoms with Crippen molar-refractivity contribution in [3.8, 4) is 11.5 Å². The highest BCUT2D eigenvalue weighted by molar-refractivity contribution is 7.92. The van der Waals surface area contributed by atoms with Crippen LogP contribution in [-0.2, 0) is 21.4 Å². The number of benzene rings is 4. The molecule has 0 aliphatic heterocycles. The van der Waals surface area contributed by atoms with Crippen molar-refractivity contribution >= 4 is 50.0 Å². The standard InChI is InChI=1S/C31H30N6O5S/c1-41-24-15-22(16-25(18-24)42-2)33-30-31(35-28-14-7-6-13-27(28)34-30)36-43(39,40)26-12-8-11-23(17-26)37(20-29(32)38)19-21-9-4-3-5-10-21/h3-18H,19-20H2,1-2H3,(H2,32,38)(H,33,34)(H,35,36). The fraction of sp³-hybridized carbons (Fsp3) is 0.129. The minimum atomic E-state index is -4.16. The molecule has 43 heavy (non-hydrogen) atoms. The summed E-state index contributed by atoms with van der Waals surface area (Å²) in [6, 6.07) is 28.1. The fourth-order valence-corrected chi connectivity index (χ4v) is 5.49. The summed E-state index contributed by atoms with van der Waals surface area (Å²) >= 11 is 0. The maximum Gasteiger partial charge on any atom is 0.263 e. The van der Waals surface area contributed by atoms with E-state index in [2.05, 4.69) is 20.0 Å². The van der Waals surface area contributed by atoms with Gasteiger partial charge in [-0.15, -0.1) is 0 Å². The largest absolute Gasteiger partial charge is 0.497 e. The Kier molecular flexibility index (Phi) is 8.58. The Morgan fingerprint density at radius 2 is 1.44 bits per heavy atom. The molecule has 0 bridgehead atoms. The number of fused-ring (bicyclic) bond motifs is 1. The van der Waals surface area contributed by atoms with E-state index >= 15 is 0 Å². The van der Waals surface area contributed by atoms with Gasteiger partial charge in [0.2, 0.25) is 5.91 Å². The Morgan fingerprint density at radius 3 is 2.07 bits per heavy atom. The first-order valence-corrected chi connectivity index (χ1v) is 14.7. The molecular weight excluding hydrogens is 568 g/mol. The molecule has 0 radical (unpaired) electrons. The molecule has 0 aliphatic rings. The number of methoxy groups -OCH3 is 2. The number of carbonyl (C=O) groups is 1. The Balaban J connectivity index is 1.50. The van der Waals surface area contributed by atoms with Crippen molar-refractivity contribution in [2.24, 2.45) is 5.73 Å². The number of para-hydroxylation sites is 2. The zero-order valence-electron chi connectivity index (χ0n) is 23.5. The topological polar surface area (TPSA) is 149 Å². The minimum Gasteiger partial charge on any atom is -0.497 e. The van der Waals surface area contributed by atoms with Gasteiger partial charge in [-0.3, -0.25) is 9.52 Å². The molecule has 1 heterocycles. The zero-order valence-corrected chi connectivity index (χ0v) is 24.3. The summed E-state index contributed by atoms with van der Waals surface area (Å²) in [5, 5.41) is 3.15. The lowest BCUT2D eigenvalue weighted by molar-refractivity contribution is -0.116. The average molecular weight is 599 g/mol. The second-order valence-corrected chi connectivity index (χ2v) is 11.2. The molecule has 4 N–H and O–H groups in total. The van der Waals surface area contributed by atoms with Crippen LogP contribution in [0.2, 0.25) is 0 Å². The van der Waals surface area contributed by atoms with E-state index in [1.807, 2.05) is 36.4 Å². The predicted octanol–water partition coefficient (Wildman–Crippen LogP) is 4.68. The van der Waals surface area contributed by atoms with Crippen LogP contribution in [0.4, 0.5) is 23.0 Å². The van der Waals surface area contributed by atoms with Crippen LogP contribution in [-0.4, -0.2) is 45.1 Å². The summed E-state index contributed by atoms with van der Waals surface area (Å²) in [5.74, 6) is 0.687. The minimum absolute atomic E-state index is 0.0100. The van der Waals surface area contributed by atoms with Gasteiger partial charge in [-0.2, -0.15) is 0 Å².